The van der Waals surface area contributed by atoms with Gasteiger partial charge in [0.05, 0.1) is 23.1 Å². The van der Waals surface area contributed by atoms with Crippen LogP contribution < -0.4 is 10.2 Å². The first-order valence-electron chi connectivity index (χ1n) is 13.4. The van der Waals surface area contributed by atoms with Crippen molar-refractivity contribution in [3.05, 3.63) is 95.1 Å². The summed E-state index contributed by atoms with van der Waals surface area (Å²) in [6, 6.07) is 22.2. The van der Waals surface area contributed by atoms with Crippen LogP contribution in [0.1, 0.15) is 45.8 Å². The van der Waals surface area contributed by atoms with Gasteiger partial charge in [-0.05, 0) is 85.4 Å². The van der Waals surface area contributed by atoms with Crippen molar-refractivity contribution in [2.75, 3.05) is 16.8 Å². The van der Waals surface area contributed by atoms with Gasteiger partial charge in [-0.15, -0.1) is 0 Å². The molecule has 3 aromatic rings. The molecule has 1 heterocycles. The Morgan fingerprint density at radius 3 is 2.44 bits per heavy atom. The molecular formula is C32H30N2O5. The first-order chi connectivity index (χ1) is 18.8. The van der Waals surface area contributed by atoms with Gasteiger partial charge in [-0.2, -0.15) is 0 Å². The average molecular weight is 523 g/mol. The Balaban J connectivity index is 1.14. The summed E-state index contributed by atoms with van der Waals surface area (Å²) < 4.78 is 5.25. The summed E-state index contributed by atoms with van der Waals surface area (Å²) in [6.07, 6.45) is 1.82. The minimum Gasteiger partial charge on any atom is -0.452 e. The first kappa shape index (κ1) is 25.0. The van der Waals surface area contributed by atoms with Crippen LogP contribution in [0, 0.1) is 37.5 Å². The molecule has 39 heavy (non-hydrogen) atoms. The lowest BCUT2D eigenvalue weighted by molar-refractivity contribution is -0.123. The molecule has 7 nitrogen and oxygen atoms in total. The number of benzene rings is 3. The summed E-state index contributed by atoms with van der Waals surface area (Å²) in [5.74, 6) is -1.52. The van der Waals surface area contributed by atoms with Gasteiger partial charge in [-0.1, -0.05) is 48.5 Å². The van der Waals surface area contributed by atoms with E-state index in [1.54, 1.807) is 24.3 Å². The molecule has 0 aromatic heterocycles. The van der Waals surface area contributed by atoms with Crippen LogP contribution in [0.3, 0.4) is 0 Å². The number of fused-ring (bicyclic) bond motifs is 5. The highest BCUT2D eigenvalue weighted by molar-refractivity contribution is 6.23. The number of rotatable bonds is 6. The zero-order chi connectivity index (χ0) is 27.3. The zero-order valence-electron chi connectivity index (χ0n) is 21.9. The van der Waals surface area contributed by atoms with Crippen LogP contribution in [-0.4, -0.2) is 30.3 Å². The molecule has 3 aliphatic rings. The van der Waals surface area contributed by atoms with Gasteiger partial charge in [-0.25, -0.2) is 4.79 Å². The predicted molar refractivity (Wildman–Crippen MR) is 146 cm³/mol. The van der Waals surface area contributed by atoms with Gasteiger partial charge in [0.15, 0.2) is 6.61 Å². The molecule has 2 saturated carbocycles. The Morgan fingerprint density at radius 1 is 0.897 bits per heavy atom. The van der Waals surface area contributed by atoms with Gasteiger partial charge < -0.3 is 10.1 Å². The number of aryl methyl sites for hydroxylation is 1. The van der Waals surface area contributed by atoms with Gasteiger partial charge in [-0.3, -0.25) is 19.3 Å². The highest BCUT2D eigenvalue weighted by atomic mass is 16.5. The Labute approximate surface area is 227 Å². The van der Waals surface area contributed by atoms with Crippen LogP contribution in [0.5, 0.6) is 0 Å². The molecule has 3 fully saturated rings. The van der Waals surface area contributed by atoms with E-state index < -0.39 is 18.5 Å². The normalized spacial score (nSPS) is 25.1. The SMILES string of the molecule is Cc1cccc(NC(=O)COC(=O)c2cccc(N3C(=O)[C@@H]4[C@@H]5C[C@@H]([C@@H]4C3=O)[C@@H](c3ccccc3)C5)c2)c1C. The number of nitrogens with zero attached hydrogens (tertiary/aromatic N) is 1. The first-order valence-corrected chi connectivity index (χ1v) is 13.4. The number of hydrogen-bond acceptors (Lipinski definition) is 5. The summed E-state index contributed by atoms with van der Waals surface area (Å²) in [7, 11) is 0. The zero-order valence-corrected chi connectivity index (χ0v) is 21.9. The molecule has 5 atom stereocenters. The number of nitrogens with one attached hydrogen (secondary N) is 1. The Bertz CT molecular complexity index is 1480. The predicted octanol–water partition coefficient (Wildman–Crippen LogP) is 5.03. The molecular weight excluding hydrogens is 492 g/mol. The van der Waals surface area contributed by atoms with Crippen LogP contribution in [0.4, 0.5) is 11.4 Å². The standard InChI is InChI=1S/C32H30N2O5/c1-18-8-6-13-26(19(18)2)33-27(35)17-39-32(38)21-11-7-12-23(14-21)34-30(36)28-22-15-24(20-9-4-3-5-10-20)25(16-22)29(28)31(34)37/h3-14,22,24-25,28-29H,15-17H2,1-2H3,(H,33,35)/t22-,24+,25+,28+,29-/m0/s1. The van der Waals surface area contributed by atoms with Gasteiger partial charge in [0.2, 0.25) is 11.8 Å². The fourth-order valence-corrected chi connectivity index (χ4v) is 6.86. The highest BCUT2D eigenvalue weighted by Crippen LogP contribution is 2.61. The highest BCUT2D eigenvalue weighted by Gasteiger charge is 2.64. The molecule has 0 spiro atoms. The Morgan fingerprint density at radius 2 is 1.64 bits per heavy atom. The van der Waals surface area contributed by atoms with Gasteiger partial charge in [0.1, 0.15) is 0 Å². The van der Waals surface area contributed by atoms with Gasteiger partial charge in [0.25, 0.3) is 5.91 Å². The Kier molecular flexibility index (Phi) is 6.29. The number of ether oxygens (including phenoxy) is 1. The molecule has 2 aliphatic carbocycles. The number of amides is 3. The second-order valence-corrected chi connectivity index (χ2v) is 10.9. The fraction of sp³-hybridized carbons (Fsp3) is 0.312. The molecule has 1 aliphatic heterocycles. The maximum absolute atomic E-state index is 13.6. The van der Waals surface area contributed by atoms with Crippen LogP contribution in [0.15, 0.2) is 72.8 Å². The van der Waals surface area contributed by atoms with Crippen LogP contribution >= 0.6 is 0 Å². The van der Waals surface area contributed by atoms with E-state index in [-0.39, 0.29) is 47.0 Å². The average Bonchev–Trinajstić information content (AvgIpc) is 3.61. The molecule has 6 rings (SSSR count). The number of hydrogen-bond donors (Lipinski definition) is 1. The van der Waals surface area contributed by atoms with Crippen LogP contribution in [0.2, 0.25) is 0 Å². The maximum atomic E-state index is 13.6. The fourth-order valence-electron chi connectivity index (χ4n) is 6.86. The minimum atomic E-state index is -0.698. The van der Waals surface area contributed by atoms with Crippen molar-refractivity contribution in [3.63, 3.8) is 0 Å². The van der Waals surface area contributed by atoms with Gasteiger partial charge >= 0.3 is 5.97 Å². The molecule has 2 bridgehead atoms. The van der Waals surface area contributed by atoms with Crippen LogP contribution in [-0.2, 0) is 19.1 Å². The smallest absolute Gasteiger partial charge is 0.338 e. The van der Waals surface area contributed by atoms with Crippen LogP contribution in [0.25, 0.3) is 0 Å². The van der Waals surface area contributed by atoms with E-state index in [4.69, 9.17) is 4.74 Å². The quantitative estimate of drug-likeness (QED) is 0.362. The van der Waals surface area contributed by atoms with E-state index in [2.05, 4.69) is 17.4 Å². The molecule has 1 saturated heterocycles. The minimum absolute atomic E-state index is 0.146. The number of anilines is 2. The summed E-state index contributed by atoms with van der Waals surface area (Å²) >= 11 is 0. The lowest BCUT2D eigenvalue weighted by atomic mass is 9.73. The van der Waals surface area contributed by atoms with Crippen molar-refractivity contribution < 1.29 is 23.9 Å². The Hall–Kier alpha value is -4.26. The second-order valence-electron chi connectivity index (χ2n) is 10.9. The number of esters is 1. The van der Waals surface area contributed by atoms with E-state index in [9.17, 15) is 19.2 Å². The van der Waals surface area contributed by atoms with Crippen molar-refractivity contribution in [2.24, 2.45) is 23.7 Å². The number of imide groups is 1. The van der Waals surface area contributed by atoms with Crippen molar-refractivity contribution in [1.29, 1.82) is 0 Å². The molecule has 7 heteroatoms. The summed E-state index contributed by atoms with van der Waals surface area (Å²) in [5, 5.41) is 2.76. The molecule has 198 valence electrons. The monoisotopic (exact) mass is 522 g/mol. The van der Waals surface area contributed by atoms with E-state index in [1.165, 1.54) is 16.5 Å². The van der Waals surface area contributed by atoms with E-state index in [0.717, 1.165) is 24.0 Å². The second kappa shape index (κ2) is 9.80. The van der Waals surface area contributed by atoms with E-state index in [0.29, 0.717) is 11.4 Å². The van der Waals surface area contributed by atoms with Crippen molar-refractivity contribution in [1.82, 2.24) is 0 Å². The lowest BCUT2D eigenvalue weighted by Gasteiger charge is -2.28. The number of carbonyl (C=O) groups excluding carboxylic acids is 4. The maximum Gasteiger partial charge on any atom is 0.338 e. The number of carbonyl (C=O) groups is 4. The van der Waals surface area contributed by atoms with Gasteiger partial charge in [0, 0.05) is 5.69 Å². The molecule has 3 amide bonds. The summed E-state index contributed by atoms with van der Waals surface area (Å²) in [6.45, 7) is 3.41. The topological polar surface area (TPSA) is 92.8 Å². The van der Waals surface area contributed by atoms with Crippen molar-refractivity contribution in [2.45, 2.75) is 32.6 Å². The molecule has 0 radical (unpaired) electrons. The third-order valence-corrected chi connectivity index (χ3v) is 8.80. The third kappa shape index (κ3) is 4.32. The lowest BCUT2D eigenvalue weighted by Crippen LogP contribution is -2.33. The van der Waals surface area contributed by atoms with E-state index >= 15 is 0 Å². The van der Waals surface area contributed by atoms with Crippen molar-refractivity contribution in [3.8, 4) is 0 Å². The summed E-state index contributed by atoms with van der Waals surface area (Å²) in [5.41, 5.74) is 4.42. The third-order valence-electron chi connectivity index (χ3n) is 8.80. The van der Waals surface area contributed by atoms with E-state index in [1.807, 2.05) is 44.2 Å². The molecule has 3 aromatic carbocycles. The molecule has 1 N–H and O–H groups in total. The molecule has 0 unspecified atom stereocenters. The summed E-state index contributed by atoms with van der Waals surface area (Å²) in [4.78, 5) is 53.5. The largest absolute Gasteiger partial charge is 0.452 e. The van der Waals surface area contributed by atoms with Crippen molar-refractivity contribution >= 4 is 35.1 Å².